The second-order valence-electron chi connectivity index (χ2n) is 13.5. The predicted molar refractivity (Wildman–Crippen MR) is 174 cm³/mol. The number of nitrogens with one attached hydrogen (secondary N) is 1. The predicted octanol–water partition coefficient (Wildman–Crippen LogP) is 4.59. The standard InChI is InChI=1S/C33H39F3N8O2S/c1-4-19-14-44(8-7-39-19)31-22-11-40-27(20-9-23(34)25(35)29-24(20)21(10-37)30(38)47-29)26(36)28(22)41-32(42-31)45-16-33(5-6-33)15-43-12-17(2)46-18(3)13-43/h9,11,17-19,24,29,39H,4-8,12-16,38H2,1-3H3/t17-,18+,19?,24?,29?. The molecule has 3 aliphatic heterocycles. The fourth-order valence-electron chi connectivity index (χ4n) is 7.31. The second kappa shape index (κ2) is 12.6. The number of hydrogen-bond acceptors (Lipinski definition) is 11. The Labute approximate surface area is 276 Å². The highest BCUT2D eigenvalue weighted by atomic mass is 32.2. The summed E-state index contributed by atoms with van der Waals surface area (Å²) in [5.41, 5.74) is 5.84. The van der Waals surface area contributed by atoms with Crippen LogP contribution in [0.2, 0.25) is 0 Å². The number of nitrogens with two attached hydrogens (primary N) is 1. The summed E-state index contributed by atoms with van der Waals surface area (Å²) in [5, 5.41) is 12.7. The zero-order valence-electron chi connectivity index (χ0n) is 26.7. The van der Waals surface area contributed by atoms with Gasteiger partial charge in [0, 0.05) is 62.8 Å². The number of hydrogen-bond donors (Lipinski definition) is 2. The number of aromatic nitrogens is 3. The third-order valence-corrected chi connectivity index (χ3v) is 11.0. The quantitative estimate of drug-likeness (QED) is 0.410. The van der Waals surface area contributed by atoms with Crippen molar-refractivity contribution in [3.63, 3.8) is 0 Å². The van der Waals surface area contributed by atoms with Crippen LogP contribution in [0.4, 0.5) is 19.0 Å². The number of halogens is 3. The van der Waals surface area contributed by atoms with Crippen LogP contribution in [-0.2, 0) is 4.74 Å². The number of morpholine rings is 1. The van der Waals surface area contributed by atoms with E-state index in [1.54, 1.807) is 0 Å². The number of ether oxygens (including phenoxy) is 2. The Morgan fingerprint density at radius 2 is 1.96 bits per heavy atom. The van der Waals surface area contributed by atoms with E-state index in [2.05, 4.69) is 45.9 Å². The lowest BCUT2D eigenvalue weighted by molar-refractivity contribution is -0.0741. The molecule has 47 heavy (non-hydrogen) atoms. The summed E-state index contributed by atoms with van der Waals surface area (Å²) < 4.78 is 58.7. The summed E-state index contributed by atoms with van der Waals surface area (Å²) in [6.07, 6.45) is 5.63. The first-order valence-electron chi connectivity index (χ1n) is 16.3. The number of anilines is 1. The average molecular weight is 669 g/mol. The minimum absolute atomic E-state index is 0.0313. The Kier molecular flexibility index (Phi) is 8.61. The first-order valence-corrected chi connectivity index (χ1v) is 17.2. The van der Waals surface area contributed by atoms with E-state index in [4.69, 9.17) is 20.2 Å². The molecular formula is C33H39F3N8O2S. The van der Waals surface area contributed by atoms with Gasteiger partial charge in [-0.05, 0) is 44.8 Å². The minimum atomic E-state index is -1.14. The lowest BCUT2D eigenvalue weighted by Crippen LogP contribution is -2.50. The lowest BCUT2D eigenvalue weighted by atomic mass is 9.82. The van der Waals surface area contributed by atoms with E-state index in [0.717, 1.165) is 63.3 Å². The van der Waals surface area contributed by atoms with Gasteiger partial charge in [-0.2, -0.15) is 15.2 Å². The maximum absolute atomic E-state index is 16.7. The molecule has 0 bridgehead atoms. The van der Waals surface area contributed by atoms with Gasteiger partial charge in [0.05, 0.1) is 46.1 Å². The molecule has 5 atom stereocenters. The number of allylic oxidation sites excluding steroid dienone is 4. The molecule has 7 rings (SSSR count). The molecule has 0 spiro atoms. The highest BCUT2D eigenvalue weighted by molar-refractivity contribution is 8.04. The Balaban J connectivity index is 1.26. The Hall–Kier alpha value is -3.38. The number of nitriles is 1. The third kappa shape index (κ3) is 6.07. The van der Waals surface area contributed by atoms with Gasteiger partial charge < -0.3 is 25.4 Å². The molecule has 10 nitrogen and oxygen atoms in total. The van der Waals surface area contributed by atoms with E-state index in [1.807, 2.05) is 6.07 Å². The SMILES string of the molecule is CCC1CN(c2nc(OCC3(CN4C[C@@H](C)O[C@@H](C)C4)CC3)nc3c(F)c(C4=CC(F)=C(F)C5SC(N)=C(C#N)C45)ncc23)CCN1. The van der Waals surface area contributed by atoms with E-state index >= 15 is 4.39 Å². The molecule has 5 aliphatic rings. The van der Waals surface area contributed by atoms with Gasteiger partial charge in [0.1, 0.15) is 22.9 Å². The van der Waals surface area contributed by atoms with Crippen LogP contribution in [0.1, 0.15) is 45.7 Å². The fourth-order valence-corrected chi connectivity index (χ4v) is 8.52. The zero-order valence-corrected chi connectivity index (χ0v) is 27.5. The van der Waals surface area contributed by atoms with Gasteiger partial charge in [0.25, 0.3) is 0 Å². The molecule has 3 unspecified atom stereocenters. The summed E-state index contributed by atoms with van der Waals surface area (Å²) in [7, 11) is 0. The molecule has 250 valence electrons. The summed E-state index contributed by atoms with van der Waals surface area (Å²) in [6, 6.07) is 2.28. The molecule has 0 amide bonds. The maximum atomic E-state index is 16.7. The molecule has 3 N–H and O–H groups in total. The topological polar surface area (TPSA) is 125 Å². The van der Waals surface area contributed by atoms with Crippen LogP contribution >= 0.6 is 11.8 Å². The van der Waals surface area contributed by atoms with Crippen LogP contribution in [0.5, 0.6) is 6.01 Å². The number of fused-ring (bicyclic) bond motifs is 2. The van der Waals surface area contributed by atoms with E-state index in [1.165, 1.54) is 6.20 Å². The molecular weight excluding hydrogens is 629 g/mol. The zero-order chi connectivity index (χ0) is 33.0. The fraction of sp³-hybridized carbons (Fsp3) is 0.576. The number of pyridine rings is 1. The van der Waals surface area contributed by atoms with Crippen molar-refractivity contribution >= 4 is 34.1 Å². The van der Waals surface area contributed by atoms with Gasteiger partial charge in [-0.15, -0.1) is 0 Å². The smallest absolute Gasteiger partial charge is 0.319 e. The number of nitrogens with zero attached hydrogens (tertiary/aromatic N) is 6. The van der Waals surface area contributed by atoms with Crippen molar-refractivity contribution in [2.24, 2.45) is 17.1 Å². The molecule has 0 aromatic carbocycles. The molecule has 2 aromatic heterocycles. The normalized spacial score (nSPS) is 29.2. The second-order valence-corrected chi connectivity index (χ2v) is 14.6. The van der Waals surface area contributed by atoms with Crippen LogP contribution in [0, 0.1) is 28.5 Å². The van der Waals surface area contributed by atoms with Crippen molar-refractivity contribution < 1.29 is 22.6 Å². The van der Waals surface area contributed by atoms with Gasteiger partial charge in [-0.3, -0.25) is 9.88 Å². The number of piperazine rings is 1. The van der Waals surface area contributed by atoms with Crippen LogP contribution < -0.4 is 20.7 Å². The molecule has 0 radical (unpaired) electrons. The van der Waals surface area contributed by atoms with E-state index in [9.17, 15) is 14.0 Å². The van der Waals surface area contributed by atoms with Crippen LogP contribution in [0.25, 0.3) is 16.5 Å². The van der Waals surface area contributed by atoms with E-state index in [-0.39, 0.29) is 57.1 Å². The molecule has 14 heteroatoms. The van der Waals surface area contributed by atoms with Crippen molar-refractivity contribution in [2.75, 3.05) is 50.8 Å². The van der Waals surface area contributed by atoms with Gasteiger partial charge in [0.2, 0.25) is 0 Å². The summed E-state index contributed by atoms with van der Waals surface area (Å²) in [4.78, 5) is 18.3. The largest absolute Gasteiger partial charge is 0.463 e. The minimum Gasteiger partial charge on any atom is -0.463 e. The van der Waals surface area contributed by atoms with Crippen LogP contribution in [0.3, 0.4) is 0 Å². The molecule has 1 saturated carbocycles. The van der Waals surface area contributed by atoms with Crippen molar-refractivity contribution in [3.05, 3.63) is 46.0 Å². The first kappa shape index (κ1) is 32.2. The lowest BCUT2D eigenvalue weighted by Gasteiger charge is -2.37. The van der Waals surface area contributed by atoms with E-state index in [0.29, 0.717) is 30.9 Å². The summed E-state index contributed by atoms with van der Waals surface area (Å²) in [6.45, 7) is 11.3. The summed E-state index contributed by atoms with van der Waals surface area (Å²) in [5.74, 6) is -3.46. The van der Waals surface area contributed by atoms with Crippen molar-refractivity contribution in [3.8, 4) is 12.1 Å². The van der Waals surface area contributed by atoms with Crippen LogP contribution in [0.15, 0.2) is 34.5 Å². The van der Waals surface area contributed by atoms with E-state index < -0.39 is 28.6 Å². The molecule has 2 aromatic rings. The third-order valence-electron chi connectivity index (χ3n) is 9.83. The Morgan fingerprint density at radius 1 is 1.19 bits per heavy atom. The van der Waals surface area contributed by atoms with Crippen LogP contribution in [-0.4, -0.2) is 89.2 Å². The van der Waals surface area contributed by atoms with Gasteiger partial charge in [0.15, 0.2) is 11.6 Å². The van der Waals surface area contributed by atoms with Gasteiger partial charge in [-0.25, -0.2) is 13.2 Å². The van der Waals surface area contributed by atoms with Crippen molar-refractivity contribution in [1.29, 1.82) is 5.26 Å². The molecule has 2 saturated heterocycles. The van der Waals surface area contributed by atoms with Gasteiger partial charge in [-0.1, -0.05) is 18.7 Å². The average Bonchev–Trinajstić information content (AvgIpc) is 3.73. The van der Waals surface area contributed by atoms with Crippen molar-refractivity contribution in [2.45, 2.75) is 63.5 Å². The number of thioether (sulfide) groups is 1. The Morgan fingerprint density at radius 3 is 2.66 bits per heavy atom. The summed E-state index contributed by atoms with van der Waals surface area (Å²) >= 11 is 0.857. The molecule has 3 fully saturated rings. The Bertz CT molecular complexity index is 1710. The highest BCUT2D eigenvalue weighted by Gasteiger charge is 2.47. The van der Waals surface area contributed by atoms with Gasteiger partial charge >= 0.3 is 6.01 Å². The van der Waals surface area contributed by atoms with Crippen molar-refractivity contribution in [1.82, 2.24) is 25.2 Å². The number of rotatable bonds is 8. The maximum Gasteiger partial charge on any atom is 0.319 e. The molecule has 2 aliphatic carbocycles. The highest BCUT2D eigenvalue weighted by Crippen LogP contribution is 2.53. The monoisotopic (exact) mass is 668 g/mol. The first-order chi connectivity index (χ1) is 22.6. The molecule has 5 heterocycles.